The van der Waals surface area contributed by atoms with Crippen LogP contribution in [0.2, 0.25) is 0 Å². The number of rotatable bonds is 7. The highest BCUT2D eigenvalue weighted by Crippen LogP contribution is 2.44. The third-order valence-electron chi connectivity index (χ3n) is 4.82. The Hall–Kier alpha value is -1.29. The maximum atomic E-state index is 14.2. The first-order chi connectivity index (χ1) is 10.1. The molecule has 1 fully saturated rings. The van der Waals surface area contributed by atoms with Gasteiger partial charge in [0.1, 0.15) is 5.82 Å². The second-order valence-electron chi connectivity index (χ2n) is 6.04. The van der Waals surface area contributed by atoms with E-state index in [0.717, 1.165) is 19.3 Å². The van der Waals surface area contributed by atoms with Crippen molar-refractivity contribution in [3.8, 4) is 11.5 Å². The topological polar surface area (TPSA) is 44.5 Å². The van der Waals surface area contributed by atoms with Crippen molar-refractivity contribution in [1.82, 2.24) is 0 Å². The number of halogens is 1. The van der Waals surface area contributed by atoms with Gasteiger partial charge < -0.3 is 15.2 Å². The molecule has 0 saturated heterocycles. The average Bonchev–Trinajstić information content (AvgIpc) is 2.95. The third kappa shape index (κ3) is 3.67. The number of nitrogens with two attached hydrogens (primary N) is 1. The highest BCUT2D eigenvalue weighted by Gasteiger charge is 2.32. The molecule has 1 aliphatic rings. The van der Waals surface area contributed by atoms with Gasteiger partial charge in [-0.25, -0.2) is 4.39 Å². The highest BCUT2D eigenvalue weighted by atomic mass is 19.1. The zero-order valence-electron chi connectivity index (χ0n) is 13.1. The molecule has 0 spiro atoms. The van der Waals surface area contributed by atoms with Crippen molar-refractivity contribution in [2.75, 3.05) is 20.8 Å². The molecule has 4 heteroatoms. The first kappa shape index (κ1) is 16.1. The predicted molar refractivity (Wildman–Crippen MR) is 82.4 cm³/mol. The summed E-state index contributed by atoms with van der Waals surface area (Å²) in [7, 11) is 3.10. The fraction of sp³-hybridized carbons (Fsp3) is 0.647. The van der Waals surface area contributed by atoms with Gasteiger partial charge in [0.05, 0.1) is 14.2 Å². The predicted octanol–water partition coefficient (Wildman–Crippen LogP) is 3.68. The Morgan fingerprint density at radius 1 is 1.10 bits per heavy atom. The first-order valence-electron chi connectivity index (χ1n) is 7.74. The Bertz CT molecular complexity index is 470. The Balaban J connectivity index is 2.12. The fourth-order valence-electron chi connectivity index (χ4n) is 3.54. The van der Waals surface area contributed by atoms with Gasteiger partial charge in [-0.15, -0.1) is 0 Å². The van der Waals surface area contributed by atoms with Crippen LogP contribution in [-0.2, 0) is 6.42 Å². The van der Waals surface area contributed by atoms with Gasteiger partial charge >= 0.3 is 0 Å². The van der Waals surface area contributed by atoms with Crippen LogP contribution in [0, 0.1) is 11.2 Å². The Morgan fingerprint density at radius 2 is 1.71 bits per heavy atom. The van der Waals surface area contributed by atoms with Crippen LogP contribution in [0.25, 0.3) is 0 Å². The summed E-state index contributed by atoms with van der Waals surface area (Å²) in [5, 5.41) is 0. The zero-order valence-corrected chi connectivity index (χ0v) is 13.1. The summed E-state index contributed by atoms with van der Waals surface area (Å²) in [5.74, 6) is 0.818. The van der Waals surface area contributed by atoms with Crippen LogP contribution in [0.4, 0.5) is 4.39 Å². The number of benzene rings is 1. The fourth-order valence-corrected chi connectivity index (χ4v) is 3.54. The number of hydrogen-bond donors (Lipinski definition) is 1. The maximum Gasteiger partial charge on any atom is 0.163 e. The molecule has 2 N–H and O–H groups in total. The molecule has 1 saturated carbocycles. The zero-order chi connectivity index (χ0) is 15.3. The van der Waals surface area contributed by atoms with Crippen LogP contribution in [0.3, 0.4) is 0 Å². The lowest BCUT2D eigenvalue weighted by atomic mass is 9.77. The van der Waals surface area contributed by atoms with Crippen molar-refractivity contribution in [1.29, 1.82) is 0 Å². The molecule has 1 aromatic rings. The van der Waals surface area contributed by atoms with Crippen molar-refractivity contribution in [3.63, 3.8) is 0 Å². The Kier molecular flexibility index (Phi) is 5.45. The smallest absolute Gasteiger partial charge is 0.163 e. The molecule has 0 radical (unpaired) electrons. The Morgan fingerprint density at radius 3 is 2.29 bits per heavy atom. The quantitative estimate of drug-likeness (QED) is 0.834. The van der Waals surface area contributed by atoms with Crippen LogP contribution in [0.5, 0.6) is 11.5 Å². The van der Waals surface area contributed by atoms with Crippen molar-refractivity contribution in [2.45, 2.75) is 44.9 Å². The van der Waals surface area contributed by atoms with Crippen LogP contribution in [0.15, 0.2) is 12.1 Å². The monoisotopic (exact) mass is 295 g/mol. The third-order valence-corrected chi connectivity index (χ3v) is 4.82. The maximum absolute atomic E-state index is 14.2. The van der Waals surface area contributed by atoms with Crippen molar-refractivity contribution in [3.05, 3.63) is 23.5 Å². The molecule has 118 valence electrons. The van der Waals surface area contributed by atoms with Gasteiger partial charge in [0.2, 0.25) is 0 Å². The number of hydrogen-bond acceptors (Lipinski definition) is 3. The molecule has 1 aliphatic carbocycles. The standard InChI is InChI=1S/C17H26FNO2/c1-20-15-11-13(14(18)12-16(15)21-2)5-8-17(9-10-19)6-3-4-7-17/h11-12H,3-10,19H2,1-2H3. The van der Waals surface area contributed by atoms with Crippen molar-refractivity contribution >= 4 is 0 Å². The number of aryl methyl sites for hydroxylation is 1. The summed E-state index contributed by atoms with van der Waals surface area (Å²) < 4.78 is 24.6. The summed E-state index contributed by atoms with van der Waals surface area (Å²) >= 11 is 0. The summed E-state index contributed by atoms with van der Waals surface area (Å²) in [6.07, 6.45) is 7.76. The molecule has 0 amide bonds. The van der Waals surface area contributed by atoms with E-state index < -0.39 is 0 Å². The minimum absolute atomic E-state index is 0.214. The summed E-state index contributed by atoms with van der Waals surface area (Å²) in [5.41, 5.74) is 6.78. The van der Waals surface area contributed by atoms with E-state index in [1.807, 2.05) is 0 Å². The average molecular weight is 295 g/mol. The molecule has 0 aromatic heterocycles. The van der Waals surface area contributed by atoms with Gasteiger partial charge in [-0.1, -0.05) is 12.8 Å². The lowest BCUT2D eigenvalue weighted by Gasteiger charge is -2.28. The first-order valence-corrected chi connectivity index (χ1v) is 7.74. The molecule has 3 nitrogen and oxygen atoms in total. The van der Waals surface area contributed by atoms with Crippen LogP contribution < -0.4 is 15.2 Å². The molecule has 0 unspecified atom stereocenters. The van der Waals surface area contributed by atoms with E-state index in [1.165, 1.54) is 38.9 Å². The van der Waals surface area contributed by atoms with E-state index >= 15 is 0 Å². The minimum atomic E-state index is -0.214. The molecule has 2 rings (SSSR count). The molecular formula is C17H26FNO2. The second-order valence-corrected chi connectivity index (χ2v) is 6.04. The number of methoxy groups -OCH3 is 2. The molecule has 1 aromatic carbocycles. The molecule has 0 atom stereocenters. The van der Waals surface area contributed by atoms with E-state index in [0.29, 0.717) is 29.0 Å². The molecule has 0 aliphatic heterocycles. The van der Waals surface area contributed by atoms with E-state index in [9.17, 15) is 4.39 Å². The summed E-state index contributed by atoms with van der Waals surface area (Å²) in [6, 6.07) is 3.18. The van der Waals surface area contributed by atoms with Gasteiger partial charge in [0, 0.05) is 6.07 Å². The second kappa shape index (κ2) is 7.12. The van der Waals surface area contributed by atoms with E-state index in [1.54, 1.807) is 13.2 Å². The highest BCUT2D eigenvalue weighted by molar-refractivity contribution is 5.43. The van der Waals surface area contributed by atoms with Crippen molar-refractivity contribution < 1.29 is 13.9 Å². The normalized spacial score (nSPS) is 17.0. The molecule has 0 heterocycles. The number of ether oxygens (including phenoxy) is 2. The van der Waals surface area contributed by atoms with Crippen LogP contribution in [0.1, 0.15) is 44.1 Å². The van der Waals surface area contributed by atoms with Crippen molar-refractivity contribution in [2.24, 2.45) is 11.1 Å². The summed E-state index contributed by atoms with van der Waals surface area (Å²) in [4.78, 5) is 0. The van der Waals surface area contributed by atoms with Gasteiger partial charge in [0.15, 0.2) is 11.5 Å². The largest absolute Gasteiger partial charge is 0.493 e. The van der Waals surface area contributed by atoms with E-state index in [-0.39, 0.29) is 5.82 Å². The van der Waals surface area contributed by atoms with Gasteiger partial charge in [-0.3, -0.25) is 0 Å². The SMILES string of the molecule is COc1cc(F)c(CCC2(CCN)CCCC2)cc1OC. The van der Waals surface area contributed by atoms with Gasteiger partial charge in [-0.05, 0) is 55.7 Å². The minimum Gasteiger partial charge on any atom is -0.493 e. The lowest BCUT2D eigenvalue weighted by Crippen LogP contribution is -2.22. The van der Waals surface area contributed by atoms with Gasteiger partial charge in [0.25, 0.3) is 0 Å². The Labute approximate surface area is 126 Å². The lowest BCUT2D eigenvalue weighted by molar-refractivity contribution is 0.252. The molecule has 0 bridgehead atoms. The van der Waals surface area contributed by atoms with Crippen LogP contribution in [-0.4, -0.2) is 20.8 Å². The van der Waals surface area contributed by atoms with Crippen LogP contribution >= 0.6 is 0 Å². The molecule has 21 heavy (non-hydrogen) atoms. The summed E-state index contributed by atoms with van der Waals surface area (Å²) in [6.45, 7) is 0.717. The van der Waals surface area contributed by atoms with E-state index in [2.05, 4.69) is 0 Å². The van der Waals surface area contributed by atoms with Gasteiger partial charge in [-0.2, -0.15) is 0 Å². The van der Waals surface area contributed by atoms with E-state index in [4.69, 9.17) is 15.2 Å². The molecular weight excluding hydrogens is 269 g/mol.